The van der Waals surface area contributed by atoms with Gasteiger partial charge in [0.1, 0.15) is 0 Å². The minimum Gasteiger partial charge on any atom is -0.295 e. The third-order valence-corrected chi connectivity index (χ3v) is 6.35. The molecule has 0 amide bonds. The Morgan fingerprint density at radius 1 is 0.553 bits per heavy atom. The zero-order chi connectivity index (χ0) is 26.8. The van der Waals surface area contributed by atoms with E-state index in [4.69, 9.17) is 0 Å². The molecule has 5 rings (SSSR count). The number of hydrogen-bond donors (Lipinski definition) is 2. The van der Waals surface area contributed by atoms with Crippen molar-refractivity contribution in [2.75, 3.05) is 0 Å². The summed E-state index contributed by atoms with van der Waals surface area (Å²) in [6.45, 7) is 7.71. The summed E-state index contributed by atoms with van der Waals surface area (Å²) in [4.78, 5) is 34.8. The molecule has 0 radical (unpaired) electrons. The van der Waals surface area contributed by atoms with Gasteiger partial charge in [-0.25, -0.2) is 9.36 Å². The van der Waals surface area contributed by atoms with Gasteiger partial charge < -0.3 is 0 Å². The molecule has 5 aromatic rings. The Bertz CT molecular complexity index is 1630. The first kappa shape index (κ1) is 24.7. The molecule has 0 atom stereocenters. The highest BCUT2D eigenvalue weighted by atomic mass is 16.1. The highest BCUT2D eigenvalue weighted by molar-refractivity contribution is 5.84. The SMILES string of the molecule is Cc1ccc(-n2[nH]c(C)c(C=Nc3ccc(N=Cc4c(C)[nH]n(-c5ccc(C)cc5)c4=O)cc3)c2=O)cc1. The van der Waals surface area contributed by atoms with Crippen molar-refractivity contribution in [1.29, 1.82) is 0 Å². The Morgan fingerprint density at radius 2 is 0.895 bits per heavy atom. The second-order valence-corrected chi connectivity index (χ2v) is 9.29. The van der Waals surface area contributed by atoms with Crippen LogP contribution in [-0.2, 0) is 0 Å². The van der Waals surface area contributed by atoms with E-state index in [9.17, 15) is 9.59 Å². The van der Waals surface area contributed by atoms with E-state index in [-0.39, 0.29) is 11.1 Å². The highest BCUT2D eigenvalue weighted by Gasteiger charge is 2.12. The molecule has 8 heteroatoms. The number of aromatic nitrogens is 4. The van der Waals surface area contributed by atoms with E-state index in [2.05, 4.69) is 20.2 Å². The van der Waals surface area contributed by atoms with Crippen LogP contribution in [0.25, 0.3) is 11.4 Å². The third kappa shape index (κ3) is 4.97. The molecule has 190 valence electrons. The Labute approximate surface area is 219 Å². The standard InChI is InChI=1S/C30H28N6O2/c1-19-5-13-25(14-6-19)35-29(37)27(21(3)33-35)17-31-23-9-11-24(12-10-23)32-18-28-22(4)34-36(30(28)38)26-15-7-20(2)8-16-26/h5-18,33-34H,1-4H3. The van der Waals surface area contributed by atoms with Gasteiger partial charge >= 0.3 is 0 Å². The van der Waals surface area contributed by atoms with Gasteiger partial charge in [0.05, 0.1) is 33.9 Å². The molecule has 0 fully saturated rings. The molecular weight excluding hydrogens is 476 g/mol. The summed E-state index contributed by atoms with van der Waals surface area (Å²) in [5.41, 5.74) is 7.32. The van der Waals surface area contributed by atoms with Crippen molar-refractivity contribution in [1.82, 2.24) is 19.6 Å². The van der Waals surface area contributed by atoms with Crippen LogP contribution in [0.5, 0.6) is 0 Å². The summed E-state index contributed by atoms with van der Waals surface area (Å²) in [5.74, 6) is 0. The van der Waals surface area contributed by atoms with Crippen LogP contribution >= 0.6 is 0 Å². The van der Waals surface area contributed by atoms with Gasteiger partial charge in [-0.2, -0.15) is 0 Å². The smallest absolute Gasteiger partial charge is 0.280 e. The Hall–Kier alpha value is -4.98. The first-order valence-electron chi connectivity index (χ1n) is 12.3. The molecule has 0 saturated carbocycles. The summed E-state index contributed by atoms with van der Waals surface area (Å²) in [6, 6.07) is 22.7. The monoisotopic (exact) mass is 504 g/mol. The molecule has 8 nitrogen and oxygen atoms in total. The van der Waals surface area contributed by atoms with Gasteiger partial charge in [-0.05, 0) is 76.2 Å². The minimum absolute atomic E-state index is 0.158. The van der Waals surface area contributed by atoms with Gasteiger partial charge in [0.25, 0.3) is 11.1 Å². The molecule has 0 saturated heterocycles. The zero-order valence-electron chi connectivity index (χ0n) is 21.7. The molecule has 2 aromatic heterocycles. The average molecular weight is 505 g/mol. The number of aryl methyl sites for hydroxylation is 4. The molecule has 0 unspecified atom stereocenters. The maximum Gasteiger partial charge on any atom is 0.280 e. The third-order valence-electron chi connectivity index (χ3n) is 6.35. The lowest BCUT2D eigenvalue weighted by molar-refractivity contribution is 0.835. The molecule has 3 aromatic carbocycles. The van der Waals surface area contributed by atoms with Crippen molar-refractivity contribution in [2.45, 2.75) is 27.7 Å². The molecule has 0 aliphatic rings. The second-order valence-electron chi connectivity index (χ2n) is 9.29. The van der Waals surface area contributed by atoms with E-state index in [1.165, 1.54) is 9.36 Å². The first-order chi connectivity index (χ1) is 18.3. The number of benzene rings is 3. The van der Waals surface area contributed by atoms with Crippen molar-refractivity contribution >= 4 is 23.8 Å². The summed E-state index contributed by atoms with van der Waals surface area (Å²) < 4.78 is 3.04. The van der Waals surface area contributed by atoms with Gasteiger partial charge in [-0.1, -0.05) is 35.4 Å². The van der Waals surface area contributed by atoms with Gasteiger partial charge in [0, 0.05) is 23.8 Å². The van der Waals surface area contributed by atoms with Crippen molar-refractivity contribution in [3.8, 4) is 11.4 Å². The maximum atomic E-state index is 12.9. The number of nitrogens with zero attached hydrogens (tertiary/aromatic N) is 4. The van der Waals surface area contributed by atoms with E-state index in [0.29, 0.717) is 22.5 Å². The molecule has 2 N–H and O–H groups in total. The summed E-state index contributed by atoms with van der Waals surface area (Å²) in [6.07, 6.45) is 3.15. The van der Waals surface area contributed by atoms with Crippen molar-refractivity contribution < 1.29 is 0 Å². The predicted octanol–water partition coefficient (Wildman–Crippen LogP) is 5.38. The van der Waals surface area contributed by atoms with E-state index < -0.39 is 0 Å². The van der Waals surface area contributed by atoms with Crippen LogP contribution in [0, 0.1) is 27.7 Å². The van der Waals surface area contributed by atoms with Gasteiger partial charge in [-0.3, -0.25) is 29.8 Å². The lowest BCUT2D eigenvalue weighted by Gasteiger charge is -2.01. The molecule has 0 spiro atoms. The number of aromatic amines is 2. The van der Waals surface area contributed by atoms with Crippen LogP contribution in [0.15, 0.2) is 92.4 Å². The zero-order valence-corrected chi connectivity index (χ0v) is 21.7. The first-order valence-corrected chi connectivity index (χ1v) is 12.3. The normalized spacial score (nSPS) is 11.7. The number of nitrogens with one attached hydrogen (secondary N) is 2. The Kier molecular flexibility index (Phi) is 6.62. The average Bonchev–Trinajstić information content (AvgIpc) is 3.36. The van der Waals surface area contributed by atoms with Crippen LogP contribution in [0.1, 0.15) is 33.6 Å². The number of hydrogen-bond acceptors (Lipinski definition) is 4. The molecule has 2 heterocycles. The van der Waals surface area contributed by atoms with Crippen LogP contribution in [0.2, 0.25) is 0 Å². The van der Waals surface area contributed by atoms with Crippen molar-refractivity contribution in [3.63, 3.8) is 0 Å². The molecule has 0 aliphatic carbocycles. The maximum absolute atomic E-state index is 12.9. The van der Waals surface area contributed by atoms with E-state index in [0.717, 1.165) is 33.9 Å². The van der Waals surface area contributed by atoms with Crippen molar-refractivity contribution in [2.24, 2.45) is 9.98 Å². The number of aliphatic imine (C=N–C) groups is 2. The molecule has 0 bridgehead atoms. The molecule has 38 heavy (non-hydrogen) atoms. The Balaban J connectivity index is 1.33. The summed E-state index contributed by atoms with van der Waals surface area (Å²) in [7, 11) is 0. The lowest BCUT2D eigenvalue weighted by atomic mass is 10.2. The quantitative estimate of drug-likeness (QED) is 0.304. The van der Waals surface area contributed by atoms with Gasteiger partial charge in [0.2, 0.25) is 0 Å². The largest absolute Gasteiger partial charge is 0.295 e. The molecular formula is C30H28N6O2. The van der Waals surface area contributed by atoms with Crippen molar-refractivity contribution in [3.05, 3.63) is 127 Å². The predicted molar refractivity (Wildman–Crippen MR) is 153 cm³/mol. The fourth-order valence-corrected chi connectivity index (χ4v) is 4.08. The lowest BCUT2D eigenvalue weighted by Crippen LogP contribution is -2.17. The van der Waals surface area contributed by atoms with Crippen LogP contribution in [0.4, 0.5) is 11.4 Å². The minimum atomic E-state index is -0.158. The fourth-order valence-electron chi connectivity index (χ4n) is 4.08. The van der Waals surface area contributed by atoms with E-state index >= 15 is 0 Å². The highest BCUT2D eigenvalue weighted by Crippen LogP contribution is 2.19. The van der Waals surface area contributed by atoms with Crippen LogP contribution in [-0.4, -0.2) is 32.0 Å². The van der Waals surface area contributed by atoms with E-state index in [1.54, 1.807) is 12.4 Å². The van der Waals surface area contributed by atoms with Gasteiger partial charge in [-0.15, -0.1) is 0 Å². The van der Waals surface area contributed by atoms with E-state index in [1.807, 2.05) is 100 Å². The van der Waals surface area contributed by atoms with Crippen LogP contribution in [0.3, 0.4) is 0 Å². The van der Waals surface area contributed by atoms with Crippen LogP contribution < -0.4 is 11.1 Å². The number of H-pyrrole nitrogens is 2. The molecule has 0 aliphatic heterocycles. The summed E-state index contributed by atoms with van der Waals surface area (Å²) >= 11 is 0. The Morgan fingerprint density at radius 3 is 1.24 bits per heavy atom. The fraction of sp³-hybridized carbons (Fsp3) is 0.133. The number of rotatable bonds is 6. The second kappa shape index (κ2) is 10.2. The van der Waals surface area contributed by atoms with Gasteiger partial charge in [0.15, 0.2) is 0 Å². The summed E-state index contributed by atoms with van der Waals surface area (Å²) in [5, 5.41) is 6.23. The topological polar surface area (TPSA) is 100 Å².